The van der Waals surface area contributed by atoms with Crippen molar-refractivity contribution in [1.82, 2.24) is 8.43 Å². The van der Waals surface area contributed by atoms with Gasteiger partial charge in [0.25, 0.3) is 0 Å². The molecule has 0 aromatic rings. The second kappa shape index (κ2) is 15.5. The van der Waals surface area contributed by atoms with Crippen LogP contribution in [-0.4, -0.2) is 72.9 Å². The summed E-state index contributed by atoms with van der Waals surface area (Å²) in [5.41, 5.74) is 0.212. The van der Waals surface area contributed by atoms with Gasteiger partial charge in [-0.25, -0.2) is 3.11 Å². The average molecular weight is 490 g/mol. The molecule has 0 bridgehead atoms. The zero-order chi connectivity index (χ0) is 19.2. The summed E-state index contributed by atoms with van der Waals surface area (Å²) in [6.07, 6.45) is 0.193. The maximum absolute atomic E-state index is 11.5. The molecule has 0 saturated heterocycles. The van der Waals surface area contributed by atoms with Crippen molar-refractivity contribution < 1.29 is 19.0 Å². The molecular weight excluding hydrogens is 454 g/mol. The minimum Gasteiger partial charge on any atom is -0.378 e. The van der Waals surface area contributed by atoms with E-state index in [1.807, 2.05) is 13.8 Å². The van der Waals surface area contributed by atoms with E-state index in [-0.39, 0.29) is 23.6 Å². The van der Waals surface area contributed by atoms with Crippen molar-refractivity contribution in [2.45, 2.75) is 52.4 Å². The molecule has 8 heteroatoms. The molecule has 0 aromatic heterocycles. The van der Waals surface area contributed by atoms with Gasteiger partial charge in [0.1, 0.15) is 0 Å². The Morgan fingerprint density at radius 1 is 1.08 bits per heavy atom. The van der Waals surface area contributed by atoms with Crippen LogP contribution in [0.25, 0.3) is 0 Å². The summed E-state index contributed by atoms with van der Waals surface area (Å²) in [7, 11) is 2.70. The van der Waals surface area contributed by atoms with Crippen LogP contribution in [0.3, 0.4) is 0 Å². The molecule has 0 aliphatic rings. The summed E-state index contributed by atoms with van der Waals surface area (Å²) in [6, 6.07) is 0.513. The van der Waals surface area contributed by atoms with Crippen molar-refractivity contribution in [3.63, 3.8) is 0 Å². The Morgan fingerprint density at radius 3 is 2.28 bits per heavy atom. The maximum Gasteiger partial charge on any atom is 0.222 e. The molecule has 0 saturated carbocycles. The van der Waals surface area contributed by atoms with Crippen LogP contribution >= 0.6 is 32.1 Å². The first-order valence-corrected chi connectivity index (χ1v) is 10.6. The van der Waals surface area contributed by atoms with Crippen LogP contribution in [0.1, 0.15) is 34.6 Å². The lowest BCUT2D eigenvalue weighted by Crippen LogP contribution is -2.34. The standard InChI is InChI=1S/C17H36IN2O4P/c1-13(2)17(21)19-10-16(25)12-23-7-6-22-8-9-24-15(5)11-20(18)14(3)4/h13-16H,6-12,25H2,1-5H3,(H,19,21). The monoisotopic (exact) mass is 490 g/mol. The van der Waals surface area contributed by atoms with E-state index < -0.39 is 0 Å². The van der Waals surface area contributed by atoms with Gasteiger partial charge in [-0.05, 0) is 20.8 Å². The fourth-order valence-electron chi connectivity index (χ4n) is 1.77. The summed E-state index contributed by atoms with van der Waals surface area (Å²) in [6.45, 7) is 14.5. The molecule has 3 unspecified atom stereocenters. The van der Waals surface area contributed by atoms with Crippen LogP contribution in [0, 0.1) is 5.92 Å². The lowest BCUT2D eigenvalue weighted by atomic mass is 10.2. The molecule has 25 heavy (non-hydrogen) atoms. The normalized spacial score (nSPS) is 14.3. The van der Waals surface area contributed by atoms with Gasteiger partial charge < -0.3 is 19.5 Å². The van der Waals surface area contributed by atoms with Gasteiger partial charge >= 0.3 is 0 Å². The van der Waals surface area contributed by atoms with Gasteiger partial charge in [0.05, 0.1) is 39.1 Å². The van der Waals surface area contributed by atoms with E-state index in [0.29, 0.717) is 45.6 Å². The number of hydrogen-bond acceptors (Lipinski definition) is 5. The van der Waals surface area contributed by atoms with Gasteiger partial charge in [-0.2, -0.15) is 0 Å². The third-order valence-electron chi connectivity index (χ3n) is 3.39. The Morgan fingerprint density at radius 2 is 1.68 bits per heavy atom. The van der Waals surface area contributed by atoms with Gasteiger partial charge in [0, 0.05) is 53.6 Å². The van der Waals surface area contributed by atoms with Gasteiger partial charge in [0.15, 0.2) is 0 Å². The van der Waals surface area contributed by atoms with Crippen LogP contribution in [0.5, 0.6) is 0 Å². The third-order valence-corrected chi connectivity index (χ3v) is 5.32. The largest absolute Gasteiger partial charge is 0.378 e. The summed E-state index contributed by atoms with van der Waals surface area (Å²) in [4.78, 5) is 11.5. The minimum absolute atomic E-state index is 0.0155. The highest BCUT2D eigenvalue weighted by Crippen LogP contribution is 2.08. The number of nitrogens with one attached hydrogen (secondary N) is 1. The molecule has 0 fully saturated rings. The third kappa shape index (κ3) is 15.2. The topological polar surface area (TPSA) is 60.0 Å². The Kier molecular flexibility index (Phi) is 15.8. The molecular formula is C17H36IN2O4P. The van der Waals surface area contributed by atoms with Crippen LogP contribution in [0.2, 0.25) is 0 Å². The second-order valence-electron chi connectivity index (χ2n) is 6.70. The van der Waals surface area contributed by atoms with Crippen molar-refractivity contribution in [2.24, 2.45) is 5.92 Å². The maximum atomic E-state index is 11.5. The molecule has 0 aliphatic carbocycles. The quantitative estimate of drug-likeness (QED) is 0.166. The number of carbonyl (C=O) groups excluding carboxylic acids is 1. The SMILES string of the molecule is CC(CN(I)C(C)C)OCCOCCOCC(P)CNC(=O)C(C)C. The van der Waals surface area contributed by atoms with Crippen LogP contribution < -0.4 is 5.32 Å². The molecule has 0 aliphatic heterocycles. The Hall–Kier alpha value is 0.470. The highest BCUT2D eigenvalue weighted by Gasteiger charge is 2.11. The van der Waals surface area contributed by atoms with Crippen molar-refractivity contribution >= 4 is 38.0 Å². The van der Waals surface area contributed by atoms with Crippen molar-refractivity contribution in [3.05, 3.63) is 0 Å². The highest BCUT2D eigenvalue weighted by molar-refractivity contribution is 14.1. The first-order chi connectivity index (χ1) is 11.7. The smallest absolute Gasteiger partial charge is 0.222 e. The zero-order valence-electron chi connectivity index (χ0n) is 16.3. The van der Waals surface area contributed by atoms with Crippen LogP contribution in [-0.2, 0) is 19.0 Å². The fourth-order valence-corrected chi connectivity index (χ4v) is 2.58. The number of hydrogen-bond donors (Lipinski definition) is 1. The lowest BCUT2D eigenvalue weighted by molar-refractivity contribution is -0.124. The van der Waals surface area contributed by atoms with E-state index in [0.717, 1.165) is 6.54 Å². The van der Waals surface area contributed by atoms with Gasteiger partial charge in [-0.1, -0.05) is 13.8 Å². The van der Waals surface area contributed by atoms with E-state index in [2.05, 4.69) is 61.3 Å². The summed E-state index contributed by atoms with van der Waals surface area (Å²) in [5.74, 6) is 0.0888. The number of halogens is 1. The van der Waals surface area contributed by atoms with Gasteiger partial charge in [-0.15, -0.1) is 9.24 Å². The Labute approximate surface area is 169 Å². The zero-order valence-corrected chi connectivity index (χ0v) is 19.6. The predicted molar refractivity (Wildman–Crippen MR) is 114 cm³/mol. The van der Waals surface area contributed by atoms with E-state index in [9.17, 15) is 4.79 Å². The minimum atomic E-state index is 0.0155. The highest BCUT2D eigenvalue weighted by atomic mass is 127. The number of rotatable bonds is 15. The average Bonchev–Trinajstić information content (AvgIpc) is 2.54. The van der Waals surface area contributed by atoms with Gasteiger partial charge in [0.2, 0.25) is 5.91 Å². The molecule has 0 rings (SSSR count). The van der Waals surface area contributed by atoms with E-state index in [1.54, 1.807) is 0 Å². The van der Waals surface area contributed by atoms with E-state index >= 15 is 0 Å². The Bertz CT molecular complexity index is 349. The molecule has 150 valence electrons. The number of amides is 1. The Balaban J connectivity index is 3.45. The molecule has 6 nitrogen and oxygen atoms in total. The molecule has 1 amide bonds. The molecule has 3 atom stereocenters. The number of ether oxygens (including phenoxy) is 3. The summed E-state index contributed by atoms with van der Waals surface area (Å²) in [5, 5.41) is 2.89. The molecule has 0 radical (unpaired) electrons. The first kappa shape index (κ1) is 25.5. The van der Waals surface area contributed by atoms with E-state index in [4.69, 9.17) is 14.2 Å². The van der Waals surface area contributed by atoms with Crippen molar-refractivity contribution in [3.8, 4) is 0 Å². The van der Waals surface area contributed by atoms with Crippen molar-refractivity contribution in [2.75, 3.05) is 46.1 Å². The lowest BCUT2D eigenvalue weighted by Gasteiger charge is -2.22. The summed E-state index contributed by atoms with van der Waals surface area (Å²) >= 11 is 2.33. The molecule has 0 heterocycles. The molecule has 0 aromatic carbocycles. The first-order valence-electron chi connectivity index (χ1n) is 8.96. The van der Waals surface area contributed by atoms with E-state index in [1.165, 1.54) is 0 Å². The number of nitrogens with zero attached hydrogens (tertiary/aromatic N) is 1. The van der Waals surface area contributed by atoms with Crippen LogP contribution in [0.4, 0.5) is 0 Å². The van der Waals surface area contributed by atoms with Crippen molar-refractivity contribution in [1.29, 1.82) is 0 Å². The second-order valence-corrected chi connectivity index (χ2v) is 8.89. The number of carbonyl (C=O) groups is 1. The molecule has 0 spiro atoms. The molecule has 1 N–H and O–H groups in total. The predicted octanol–water partition coefficient (Wildman–Crippen LogP) is 2.50. The summed E-state index contributed by atoms with van der Waals surface area (Å²) < 4.78 is 19.0. The van der Waals surface area contributed by atoms with Crippen LogP contribution in [0.15, 0.2) is 0 Å². The fraction of sp³-hybridized carbons (Fsp3) is 0.941. The van der Waals surface area contributed by atoms with Gasteiger partial charge in [-0.3, -0.25) is 4.79 Å².